The van der Waals surface area contributed by atoms with Gasteiger partial charge in [0.05, 0.1) is 35.3 Å². The number of amides is 1. The maximum Gasteiger partial charge on any atom is 0.255 e. The molecule has 1 heterocycles. The number of unbranched alkanes of at least 4 members (excludes halogenated alkanes) is 3. The Balaban J connectivity index is 1.23. The number of methoxy groups -OCH3 is 1. The summed E-state index contributed by atoms with van der Waals surface area (Å²) in [5, 5.41) is 3.64. The average Bonchev–Trinajstić information content (AvgIpc) is 3.28. The van der Waals surface area contributed by atoms with E-state index in [1.165, 1.54) is 5.52 Å². The van der Waals surface area contributed by atoms with Crippen molar-refractivity contribution in [2.24, 2.45) is 0 Å². The lowest BCUT2D eigenvalue weighted by Gasteiger charge is -2.11. The quantitative estimate of drug-likeness (QED) is 0.188. The molecule has 3 aromatic carbocycles. The minimum Gasteiger partial charge on any atom is -0.496 e. The van der Waals surface area contributed by atoms with Gasteiger partial charge in [-0.05, 0) is 62.1 Å². The lowest BCUT2D eigenvalue weighted by molar-refractivity contribution is 0.0950. The number of aromatic nitrogens is 2. The summed E-state index contributed by atoms with van der Waals surface area (Å²) in [5.41, 5.74) is 2.78. The summed E-state index contributed by atoms with van der Waals surface area (Å²) in [6.45, 7) is 2.17. The molecular weight excluding hydrogens is 486 g/mol. The second-order valence-electron chi connectivity index (χ2n) is 8.92. The molecule has 4 aromatic rings. The predicted octanol–water partition coefficient (Wildman–Crippen LogP) is 6.70. The van der Waals surface area contributed by atoms with Gasteiger partial charge >= 0.3 is 0 Å². The van der Waals surface area contributed by atoms with Gasteiger partial charge in [0, 0.05) is 19.5 Å². The van der Waals surface area contributed by atoms with Crippen molar-refractivity contribution in [1.29, 1.82) is 0 Å². The van der Waals surface area contributed by atoms with E-state index in [9.17, 15) is 4.79 Å². The Labute approximate surface area is 223 Å². The van der Waals surface area contributed by atoms with E-state index < -0.39 is 0 Å². The Bertz CT molecular complexity index is 1300. The van der Waals surface area contributed by atoms with Crippen molar-refractivity contribution in [1.82, 2.24) is 14.9 Å². The van der Waals surface area contributed by atoms with Gasteiger partial charge in [0.1, 0.15) is 17.3 Å². The molecule has 0 aliphatic rings. The van der Waals surface area contributed by atoms with Crippen LogP contribution < -0.4 is 14.8 Å². The number of fused-ring (bicyclic) bond motifs is 1. The van der Waals surface area contributed by atoms with E-state index in [-0.39, 0.29) is 5.91 Å². The molecule has 4 rings (SSSR count). The van der Waals surface area contributed by atoms with E-state index in [1.807, 2.05) is 42.5 Å². The molecule has 0 bridgehead atoms. The number of carbonyl (C=O) groups is 1. The van der Waals surface area contributed by atoms with Crippen molar-refractivity contribution in [3.8, 4) is 11.5 Å². The van der Waals surface area contributed by atoms with Crippen LogP contribution in [0.15, 0.2) is 72.8 Å². The van der Waals surface area contributed by atoms with Crippen LogP contribution in [0.1, 0.15) is 48.3 Å². The van der Waals surface area contributed by atoms with Gasteiger partial charge in [-0.1, -0.05) is 54.4 Å². The third-order valence-electron chi connectivity index (χ3n) is 6.32. The highest BCUT2D eigenvalue weighted by Crippen LogP contribution is 2.24. The minimum atomic E-state index is -0.0993. The maximum absolute atomic E-state index is 12.4. The number of rotatable bonds is 14. The topological polar surface area (TPSA) is 65.4 Å². The first kappa shape index (κ1) is 26.6. The molecule has 7 heteroatoms. The van der Waals surface area contributed by atoms with Crippen LogP contribution in [0.4, 0.5) is 0 Å². The first-order valence-corrected chi connectivity index (χ1v) is 13.3. The number of benzene rings is 3. The van der Waals surface area contributed by atoms with Crippen LogP contribution in [0.25, 0.3) is 11.0 Å². The third kappa shape index (κ3) is 7.26. The highest BCUT2D eigenvalue weighted by molar-refractivity contribution is 6.32. The zero-order valence-electron chi connectivity index (χ0n) is 21.3. The summed E-state index contributed by atoms with van der Waals surface area (Å²) in [6, 6.07) is 23.2. The molecule has 1 amide bonds. The zero-order valence-corrected chi connectivity index (χ0v) is 22.0. The van der Waals surface area contributed by atoms with Gasteiger partial charge in [-0.2, -0.15) is 0 Å². The molecule has 0 saturated heterocycles. The molecule has 0 radical (unpaired) electrons. The van der Waals surface area contributed by atoms with E-state index in [0.29, 0.717) is 29.5 Å². The van der Waals surface area contributed by atoms with Gasteiger partial charge in [-0.25, -0.2) is 4.98 Å². The van der Waals surface area contributed by atoms with Gasteiger partial charge < -0.3 is 19.4 Å². The van der Waals surface area contributed by atoms with Crippen LogP contribution in [0.5, 0.6) is 11.5 Å². The van der Waals surface area contributed by atoms with Crippen molar-refractivity contribution in [3.05, 3.63) is 89.2 Å². The van der Waals surface area contributed by atoms with E-state index >= 15 is 0 Å². The van der Waals surface area contributed by atoms with Gasteiger partial charge in [-0.15, -0.1) is 0 Å². The molecule has 37 heavy (non-hydrogen) atoms. The van der Waals surface area contributed by atoms with Gasteiger partial charge in [-0.3, -0.25) is 4.79 Å². The molecule has 0 atom stereocenters. The SMILES string of the molecule is COc1ccccc1C(=O)NCCCCCc1nc2ccccc2n1CCCCOc1ccccc1Cl. The Kier molecular flexibility index (Phi) is 9.83. The van der Waals surface area contributed by atoms with E-state index in [4.69, 9.17) is 26.1 Å². The molecule has 1 N–H and O–H groups in total. The smallest absolute Gasteiger partial charge is 0.255 e. The highest BCUT2D eigenvalue weighted by Gasteiger charge is 2.12. The average molecular weight is 520 g/mol. The summed E-state index contributed by atoms with van der Waals surface area (Å²) in [6.07, 6.45) is 5.78. The van der Waals surface area contributed by atoms with E-state index in [2.05, 4.69) is 28.1 Å². The number of ether oxygens (including phenoxy) is 2. The Morgan fingerprint density at radius 3 is 2.49 bits per heavy atom. The molecule has 0 unspecified atom stereocenters. The van der Waals surface area contributed by atoms with Gasteiger partial charge in [0.15, 0.2) is 0 Å². The molecule has 0 saturated carbocycles. The van der Waals surface area contributed by atoms with Crippen LogP contribution in [-0.4, -0.2) is 35.7 Å². The zero-order chi connectivity index (χ0) is 25.9. The Morgan fingerprint density at radius 1 is 0.892 bits per heavy atom. The highest BCUT2D eigenvalue weighted by atomic mass is 35.5. The van der Waals surface area contributed by atoms with Crippen molar-refractivity contribution < 1.29 is 14.3 Å². The number of aryl methyl sites for hydroxylation is 2. The fraction of sp³-hybridized carbons (Fsp3) is 0.333. The van der Waals surface area contributed by atoms with E-state index in [0.717, 1.165) is 62.2 Å². The largest absolute Gasteiger partial charge is 0.496 e. The van der Waals surface area contributed by atoms with Crippen molar-refractivity contribution >= 4 is 28.5 Å². The maximum atomic E-state index is 12.4. The molecule has 6 nitrogen and oxygen atoms in total. The molecule has 0 spiro atoms. The fourth-order valence-electron chi connectivity index (χ4n) is 4.40. The molecule has 0 fully saturated rings. The van der Waals surface area contributed by atoms with E-state index in [1.54, 1.807) is 19.2 Å². The third-order valence-corrected chi connectivity index (χ3v) is 6.63. The first-order valence-electron chi connectivity index (χ1n) is 12.9. The normalized spacial score (nSPS) is 11.0. The number of halogens is 1. The van der Waals surface area contributed by atoms with Crippen LogP contribution in [-0.2, 0) is 13.0 Å². The number of carbonyl (C=O) groups excluding carboxylic acids is 1. The molecule has 1 aromatic heterocycles. The predicted molar refractivity (Wildman–Crippen MR) is 149 cm³/mol. The van der Waals surface area contributed by atoms with Crippen LogP contribution >= 0.6 is 11.6 Å². The van der Waals surface area contributed by atoms with Crippen LogP contribution in [0.3, 0.4) is 0 Å². The standard InChI is InChI=1S/C30H34ClN3O3/c1-36-27-17-8-4-13-23(27)30(35)32-20-10-2-3-19-29-33-25-15-6-7-16-26(25)34(29)21-11-12-22-37-28-18-9-5-14-24(28)31/h4-9,13-18H,2-3,10-12,19-22H2,1H3,(H,32,35). The molecule has 194 valence electrons. The summed E-state index contributed by atoms with van der Waals surface area (Å²) in [5.74, 6) is 2.34. The number of nitrogens with zero attached hydrogens (tertiary/aromatic N) is 2. The monoisotopic (exact) mass is 519 g/mol. The lowest BCUT2D eigenvalue weighted by atomic mass is 10.1. The van der Waals surface area contributed by atoms with Crippen molar-refractivity contribution in [2.45, 2.75) is 45.1 Å². The molecular formula is C30H34ClN3O3. The lowest BCUT2D eigenvalue weighted by Crippen LogP contribution is -2.24. The van der Waals surface area contributed by atoms with Crippen molar-refractivity contribution in [3.63, 3.8) is 0 Å². The minimum absolute atomic E-state index is 0.0993. The van der Waals surface area contributed by atoms with Crippen molar-refractivity contribution in [2.75, 3.05) is 20.3 Å². The number of hydrogen-bond donors (Lipinski definition) is 1. The summed E-state index contributed by atoms with van der Waals surface area (Å²) in [4.78, 5) is 17.4. The first-order chi connectivity index (χ1) is 18.2. The van der Waals surface area contributed by atoms with Crippen LogP contribution in [0, 0.1) is 0 Å². The number of para-hydroxylation sites is 4. The van der Waals surface area contributed by atoms with Crippen LogP contribution in [0.2, 0.25) is 5.02 Å². The Morgan fingerprint density at radius 2 is 1.65 bits per heavy atom. The number of nitrogens with one attached hydrogen (secondary N) is 1. The number of imidazole rings is 1. The molecule has 0 aliphatic heterocycles. The second kappa shape index (κ2) is 13.7. The van der Waals surface area contributed by atoms with Gasteiger partial charge in [0.2, 0.25) is 0 Å². The molecule has 0 aliphatic carbocycles. The summed E-state index contributed by atoms with van der Waals surface area (Å²) < 4.78 is 13.5. The summed E-state index contributed by atoms with van der Waals surface area (Å²) >= 11 is 6.18. The number of hydrogen-bond acceptors (Lipinski definition) is 4. The second-order valence-corrected chi connectivity index (χ2v) is 9.33. The Hall–Kier alpha value is -3.51. The fourth-order valence-corrected chi connectivity index (χ4v) is 4.59. The van der Waals surface area contributed by atoms with Gasteiger partial charge in [0.25, 0.3) is 5.91 Å². The summed E-state index contributed by atoms with van der Waals surface area (Å²) in [7, 11) is 1.58.